The van der Waals surface area contributed by atoms with Crippen molar-refractivity contribution in [1.82, 2.24) is 4.90 Å². The van der Waals surface area contributed by atoms with Crippen LogP contribution in [0.15, 0.2) is 6.07 Å². The summed E-state index contributed by atoms with van der Waals surface area (Å²) >= 11 is 6.34. The maximum absolute atomic E-state index is 11.5. The van der Waals surface area contributed by atoms with E-state index in [1.807, 2.05) is 6.07 Å². The monoisotopic (exact) mass is 396 g/mol. The molecule has 6 nitrogen and oxygen atoms in total. The van der Waals surface area contributed by atoms with Crippen LogP contribution in [0.3, 0.4) is 0 Å². The Balaban J connectivity index is 1.78. The molecule has 0 radical (unpaired) electrons. The number of hydrogen-bond donors (Lipinski definition) is 2. The zero-order valence-corrected chi connectivity index (χ0v) is 16.8. The molecule has 2 aliphatic rings. The first-order chi connectivity index (χ1) is 12.9. The third-order valence-electron chi connectivity index (χ3n) is 5.63. The number of ether oxygens (including phenoxy) is 2. The summed E-state index contributed by atoms with van der Waals surface area (Å²) in [6.45, 7) is 6.87. The maximum Gasteiger partial charge on any atom is 0.351 e. The molecule has 7 heteroatoms. The molecule has 1 saturated heterocycles. The summed E-state index contributed by atoms with van der Waals surface area (Å²) in [6, 6.07) is 1.86. The topological polar surface area (TPSA) is 85.0 Å². The Morgan fingerprint density at radius 2 is 2.07 bits per heavy atom. The molecule has 0 spiro atoms. The van der Waals surface area contributed by atoms with Gasteiger partial charge in [0.15, 0.2) is 11.5 Å². The van der Waals surface area contributed by atoms with E-state index in [2.05, 4.69) is 11.8 Å². The predicted octanol–water partition coefficient (Wildman–Crippen LogP) is 3.91. The minimum Gasteiger partial charge on any atom is -0.484 e. The van der Waals surface area contributed by atoms with E-state index in [4.69, 9.17) is 26.8 Å². The fraction of sp³-hybridized carbons (Fsp3) is 0.650. The van der Waals surface area contributed by atoms with Gasteiger partial charge in [-0.2, -0.15) is 0 Å². The SMILES string of the molecule is CCCCCN1CCC(c2cc(Cl)c(N)c3c2OCC(C)(C(=O)O)O3)CC1. The number of likely N-dealkylation sites (tertiary alicyclic amines) is 1. The molecule has 0 amide bonds. The molecule has 1 fully saturated rings. The van der Waals surface area contributed by atoms with Crippen molar-refractivity contribution in [2.24, 2.45) is 0 Å². The van der Waals surface area contributed by atoms with Crippen molar-refractivity contribution in [2.45, 2.75) is 57.5 Å². The summed E-state index contributed by atoms with van der Waals surface area (Å²) < 4.78 is 11.6. The van der Waals surface area contributed by atoms with Crippen molar-refractivity contribution in [3.8, 4) is 11.5 Å². The van der Waals surface area contributed by atoms with Crippen molar-refractivity contribution in [3.05, 3.63) is 16.7 Å². The highest BCUT2D eigenvalue weighted by Crippen LogP contribution is 2.49. The molecule has 1 aromatic rings. The van der Waals surface area contributed by atoms with Gasteiger partial charge in [0.1, 0.15) is 6.61 Å². The summed E-state index contributed by atoms with van der Waals surface area (Å²) in [6.07, 6.45) is 5.78. The Bertz CT molecular complexity index is 704. The van der Waals surface area contributed by atoms with E-state index < -0.39 is 11.6 Å². The fourth-order valence-electron chi connectivity index (χ4n) is 3.82. The van der Waals surface area contributed by atoms with Gasteiger partial charge in [0.2, 0.25) is 5.60 Å². The number of hydrogen-bond acceptors (Lipinski definition) is 5. The molecule has 0 aromatic heterocycles. The van der Waals surface area contributed by atoms with Crippen LogP contribution in [0.25, 0.3) is 0 Å². The van der Waals surface area contributed by atoms with Gasteiger partial charge in [-0.25, -0.2) is 4.79 Å². The first-order valence-electron chi connectivity index (χ1n) is 9.75. The Morgan fingerprint density at radius 1 is 1.37 bits per heavy atom. The van der Waals surface area contributed by atoms with E-state index in [1.54, 1.807) is 0 Å². The number of nitrogens with zero attached hydrogens (tertiary/aromatic N) is 1. The van der Waals surface area contributed by atoms with Gasteiger partial charge in [-0.15, -0.1) is 0 Å². The Hall–Kier alpha value is -1.66. The summed E-state index contributed by atoms with van der Waals surface area (Å²) in [5, 5.41) is 9.82. The molecule has 1 atom stereocenters. The van der Waals surface area contributed by atoms with E-state index >= 15 is 0 Å². The highest BCUT2D eigenvalue weighted by molar-refractivity contribution is 6.33. The predicted molar refractivity (Wildman–Crippen MR) is 106 cm³/mol. The van der Waals surface area contributed by atoms with Gasteiger partial charge in [-0.1, -0.05) is 31.4 Å². The Labute approximate surface area is 165 Å². The van der Waals surface area contributed by atoms with Gasteiger partial charge in [0.05, 0.1) is 10.7 Å². The van der Waals surface area contributed by atoms with E-state index in [9.17, 15) is 9.90 Å². The van der Waals surface area contributed by atoms with Crippen LogP contribution < -0.4 is 15.2 Å². The van der Waals surface area contributed by atoms with Gasteiger partial charge < -0.3 is 25.2 Å². The van der Waals surface area contributed by atoms with Gasteiger partial charge in [0.25, 0.3) is 0 Å². The molecular formula is C20H29ClN2O4. The summed E-state index contributed by atoms with van der Waals surface area (Å²) in [4.78, 5) is 14.0. The standard InChI is InChI=1S/C20H29ClN2O4/c1-3-4-5-8-23-9-6-13(7-10-23)14-11-15(21)16(22)18-17(14)26-12-20(2,27-18)19(24)25/h11,13H,3-10,12,22H2,1-2H3,(H,24,25). The molecule has 0 bridgehead atoms. The van der Waals surface area contributed by atoms with E-state index in [0.29, 0.717) is 16.7 Å². The molecular weight excluding hydrogens is 368 g/mol. The van der Waals surface area contributed by atoms with Crippen LogP contribution in [-0.2, 0) is 4.79 Å². The molecule has 2 aliphatic heterocycles. The normalized spacial score (nSPS) is 23.4. The number of halogens is 1. The van der Waals surface area contributed by atoms with Gasteiger partial charge in [-0.3, -0.25) is 0 Å². The second kappa shape index (κ2) is 8.15. The van der Waals surface area contributed by atoms with Crippen LogP contribution in [0.5, 0.6) is 11.5 Å². The molecule has 1 unspecified atom stereocenters. The lowest BCUT2D eigenvalue weighted by atomic mass is 9.87. The lowest BCUT2D eigenvalue weighted by molar-refractivity contribution is -0.158. The van der Waals surface area contributed by atoms with Crippen molar-refractivity contribution < 1.29 is 19.4 Å². The molecule has 3 rings (SSSR count). The Morgan fingerprint density at radius 3 is 2.70 bits per heavy atom. The summed E-state index contributed by atoms with van der Waals surface area (Å²) in [7, 11) is 0. The summed E-state index contributed by atoms with van der Waals surface area (Å²) in [5.41, 5.74) is 5.82. The summed E-state index contributed by atoms with van der Waals surface area (Å²) in [5.74, 6) is 0.0330. The molecule has 27 heavy (non-hydrogen) atoms. The number of anilines is 1. The number of benzene rings is 1. The van der Waals surface area contributed by atoms with Crippen LogP contribution in [0, 0.1) is 0 Å². The number of nitrogen functional groups attached to an aromatic ring is 1. The third-order valence-corrected chi connectivity index (χ3v) is 5.94. The van der Waals surface area contributed by atoms with E-state index in [-0.39, 0.29) is 18.0 Å². The quantitative estimate of drug-likeness (QED) is 0.560. The number of aliphatic carboxylic acids is 1. The molecule has 1 aromatic carbocycles. The van der Waals surface area contributed by atoms with Crippen LogP contribution in [0.1, 0.15) is 57.4 Å². The minimum atomic E-state index is -1.47. The molecule has 0 saturated carbocycles. The zero-order chi connectivity index (χ0) is 19.6. The number of rotatable bonds is 6. The second-order valence-electron chi connectivity index (χ2n) is 7.77. The number of carboxylic acid groups (broad SMARTS) is 1. The molecule has 3 N–H and O–H groups in total. The molecule has 0 aliphatic carbocycles. The maximum atomic E-state index is 11.5. The van der Waals surface area contributed by atoms with Gasteiger partial charge in [0, 0.05) is 5.56 Å². The van der Waals surface area contributed by atoms with Crippen LogP contribution in [-0.4, -0.2) is 47.8 Å². The average Bonchev–Trinajstić information content (AvgIpc) is 2.65. The third kappa shape index (κ3) is 4.11. The number of piperidine rings is 1. The largest absolute Gasteiger partial charge is 0.484 e. The van der Waals surface area contributed by atoms with Crippen molar-refractivity contribution in [1.29, 1.82) is 0 Å². The number of nitrogens with two attached hydrogens (primary N) is 1. The zero-order valence-electron chi connectivity index (χ0n) is 16.1. The fourth-order valence-corrected chi connectivity index (χ4v) is 4.02. The highest BCUT2D eigenvalue weighted by Gasteiger charge is 2.43. The number of carboxylic acids is 1. The van der Waals surface area contributed by atoms with Gasteiger partial charge >= 0.3 is 5.97 Å². The first-order valence-corrected chi connectivity index (χ1v) is 10.1. The lowest BCUT2D eigenvalue weighted by Gasteiger charge is -2.37. The highest BCUT2D eigenvalue weighted by atomic mass is 35.5. The van der Waals surface area contributed by atoms with Crippen molar-refractivity contribution in [2.75, 3.05) is 32.0 Å². The van der Waals surface area contributed by atoms with E-state index in [1.165, 1.54) is 26.2 Å². The van der Waals surface area contributed by atoms with Crippen molar-refractivity contribution >= 4 is 23.3 Å². The molecule has 150 valence electrons. The average molecular weight is 397 g/mol. The Kier molecular flexibility index (Phi) is 6.06. The van der Waals surface area contributed by atoms with Crippen LogP contribution >= 0.6 is 11.6 Å². The van der Waals surface area contributed by atoms with Crippen molar-refractivity contribution in [3.63, 3.8) is 0 Å². The van der Waals surface area contributed by atoms with Gasteiger partial charge in [-0.05, 0) is 57.8 Å². The second-order valence-corrected chi connectivity index (χ2v) is 8.18. The van der Waals surface area contributed by atoms with Crippen LogP contribution in [0.2, 0.25) is 5.02 Å². The molecule has 2 heterocycles. The number of carbonyl (C=O) groups is 1. The van der Waals surface area contributed by atoms with Crippen LogP contribution in [0.4, 0.5) is 5.69 Å². The number of unbranched alkanes of at least 4 members (excludes halogenated alkanes) is 2. The first kappa shape index (κ1) is 20.1. The number of fused-ring (bicyclic) bond motifs is 1. The minimum absolute atomic E-state index is 0.0563. The smallest absolute Gasteiger partial charge is 0.351 e. The van der Waals surface area contributed by atoms with E-state index in [0.717, 1.165) is 38.0 Å². The lowest BCUT2D eigenvalue weighted by Crippen LogP contribution is -2.49.